The van der Waals surface area contributed by atoms with Crippen molar-refractivity contribution in [1.29, 1.82) is 0 Å². The second kappa shape index (κ2) is 7.94. The first-order chi connectivity index (χ1) is 14.4. The minimum Gasteiger partial charge on any atom is -0.453 e. The Hall–Kier alpha value is -1.28. The lowest BCUT2D eigenvalue weighted by Crippen LogP contribution is -2.53. The number of benzene rings is 1. The molecule has 0 aromatic heterocycles. The number of carbonyl (C=O) groups is 2. The van der Waals surface area contributed by atoms with Gasteiger partial charge in [-0.25, -0.2) is 0 Å². The van der Waals surface area contributed by atoms with Gasteiger partial charge in [0.15, 0.2) is 6.10 Å². The Morgan fingerprint density at radius 2 is 1.90 bits per heavy atom. The van der Waals surface area contributed by atoms with Gasteiger partial charge >= 0.3 is 12.1 Å². The highest BCUT2D eigenvalue weighted by molar-refractivity contribution is 9.10. The topological polar surface area (TPSA) is 55.4 Å². The number of alkyl halides is 4. The third-order valence-electron chi connectivity index (χ3n) is 6.86. The SMILES string of the molecule is C[C@@H](OC(=O)CC12C[C@H]3C[C@@H](CC(Br)(C3)C1)C2)C(=O)Nc1cc(C(F)(F)F)ccc1Cl. The van der Waals surface area contributed by atoms with Crippen LogP contribution in [0.5, 0.6) is 0 Å². The second-order valence-electron chi connectivity index (χ2n) is 9.60. The number of nitrogens with one attached hydrogen (secondary N) is 1. The van der Waals surface area contributed by atoms with Gasteiger partial charge in [0.2, 0.25) is 0 Å². The van der Waals surface area contributed by atoms with Gasteiger partial charge in [-0.2, -0.15) is 13.2 Å². The van der Waals surface area contributed by atoms with Gasteiger partial charge in [0, 0.05) is 4.32 Å². The van der Waals surface area contributed by atoms with Crippen LogP contribution < -0.4 is 5.32 Å². The summed E-state index contributed by atoms with van der Waals surface area (Å²) >= 11 is 9.83. The zero-order chi connectivity index (χ0) is 22.6. The van der Waals surface area contributed by atoms with E-state index in [1.807, 2.05) is 0 Å². The fraction of sp³-hybridized carbons (Fsp3) is 0.636. The summed E-state index contributed by atoms with van der Waals surface area (Å²) in [6.45, 7) is 1.40. The van der Waals surface area contributed by atoms with Crippen molar-refractivity contribution in [2.24, 2.45) is 17.3 Å². The zero-order valence-corrected chi connectivity index (χ0v) is 19.4. The van der Waals surface area contributed by atoms with E-state index in [2.05, 4.69) is 21.2 Å². The van der Waals surface area contributed by atoms with E-state index in [-0.39, 0.29) is 26.9 Å². The molecule has 0 heterocycles. The van der Waals surface area contributed by atoms with E-state index in [0.29, 0.717) is 11.8 Å². The van der Waals surface area contributed by atoms with Crippen LogP contribution in [-0.2, 0) is 20.5 Å². The van der Waals surface area contributed by atoms with Crippen molar-refractivity contribution in [1.82, 2.24) is 0 Å². The highest BCUT2D eigenvalue weighted by atomic mass is 79.9. The minimum atomic E-state index is -4.56. The number of rotatable bonds is 5. The molecule has 9 heteroatoms. The van der Waals surface area contributed by atoms with Crippen molar-refractivity contribution >= 4 is 45.1 Å². The quantitative estimate of drug-likeness (QED) is 0.362. The molecule has 1 aromatic carbocycles. The van der Waals surface area contributed by atoms with Crippen LogP contribution in [0, 0.1) is 17.3 Å². The Morgan fingerprint density at radius 1 is 1.26 bits per heavy atom. The molecule has 4 aliphatic rings. The van der Waals surface area contributed by atoms with Crippen LogP contribution in [0.2, 0.25) is 5.02 Å². The molecule has 1 N–H and O–H groups in total. The molecule has 4 bridgehead atoms. The van der Waals surface area contributed by atoms with E-state index < -0.39 is 29.7 Å². The maximum absolute atomic E-state index is 12.9. The van der Waals surface area contributed by atoms with E-state index in [0.717, 1.165) is 50.3 Å². The maximum Gasteiger partial charge on any atom is 0.416 e. The van der Waals surface area contributed by atoms with Crippen LogP contribution >= 0.6 is 27.5 Å². The smallest absolute Gasteiger partial charge is 0.416 e. The summed E-state index contributed by atoms with van der Waals surface area (Å²) in [5.74, 6) is 0.0716. The van der Waals surface area contributed by atoms with E-state index in [1.165, 1.54) is 13.3 Å². The third-order valence-corrected chi connectivity index (χ3v) is 8.12. The number of halogens is 5. The Labute approximate surface area is 192 Å². The highest BCUT2D eigenvalue weighted by Crippen LogP contribution is 2.65. The fourth-order valence-corrected chi connectivity index (χ4v) is 7.85. The number of carbonyl (C=O) groups excluding carboxylic acids is 2. The largest absolute Gasteiger partial charge is 0.453 e. The van der Waals surface area contributed by atoms with Crippen molar-refractivity contribution in [3.8, 4) is 0 Å². The number of hydrogen-bond donors (Lipinski definition) is 1. The lowest BCUT2D eigenvalue weighted by molar-refractivity contribution is -0.159. The van der Waals surface area contributed by atoms with Gasteiger partial charge in [-0.1, -0.05) is 27.5 Å². The molecule has 170 valence electrons. The summed E-state index contributed by atoms with van der Waals surface area (Å²) in [4.78, 5) is 25.1. The summed E-state index contributed by atoms with van der Waals surface area (Å²) in [5, 5.41) is 2.31. The molecule has 0 aliphatic heterocycles. The molecule has 1 aromatic rings. The first-order valence-electron chi connectivity index (χ1n) is 10.4. The Balaban J connectivity index is 1.37. The summed E-state index contributed by atoms with van der Waals surface area (Å²) in [5.41, 5.74) is -1.19. The standard InChI is InChI=1S/C22H24BrClF3NO3/c1-12(19(30)28-17-5-15(22(25,26)27)2-3-16(17)24)31-18(29)10-20-6-13-4-14(7-20)9-21(23,8-13)11-20/h2-3,5,12-14H,4,6-11H2,1H3,(H,28,30)/t12-,13-,14-,20?,21?/m1/s1. The van der Waals surface area contributed by atoms with Crippen LogP contribution in [0.15, 0.2) is 18.2 Å². The molecule has 1 amide bonds. The molecular weight excluding hydrogens is 499 g/mol. The van der Waals surface area contributed by atoms with Crippen molar-refractivity contribution in [2.75, 3.05) is 5.32 Å². The van der Waals surface area contributed by atoms with Gasteiger partial charge in [-0.15, -0.1) is 0 Å². The third kappa shape index (κ3) is 4.90. The molecule has 0 unspecified atom stereocenters. The molecule has 4 nitrogen and oxygen atoms in total. The molecule has 5 rings (SSSR count). The number of anilines is 1. The zero-order valence-electron chi connectivity index (χ0n) is 17.0. The number of amides is 1. The van der Waals surface area contributed by atoms with Gasteiger partial charge in [0.1, 0.15) is 0 Å². The predicted octanol–water partition coefficient (Wildman–Crippen LogP) is 6.35. The van der Waals surface area contributed by atoms with Crippen LogP contribution in [0.3, 0.4) is 0 Å². The van der Waals surface area contributed by atoms with Gasteiger partial charge in [0.25, 0.3) is 5.91 Å². The Kier molecular flexibility index (Phi) is 5.86. The van der Waals surface area contributed by atoms with Crippen molar-refractivity contribution in [3.63, 3.8) is 0 Å². The monoisotopic (exact) mass is 521 g/mol. The summed E-state index contributed by atoms with van der Waals surface area (Å²) < 4.78 is 44.2. The minimum absolute atomic E-state index is 0.0314. The van der Waals surface area contributed by atoms with Crippen LogP contribution in [0.4, 0.5) is 18.9 Å². The molecule has 31 heavy (non-hydrogen) atoms. The molecule has 3 atom stereocenters. The Morgan fingerprint density at radius 3 is 2.48 bits per heavy atom. The average molecular weight is 523 g/mol. The molecule has 0 spiro atoms. The normalized spacial score (nSPS) is 32.6. The number of hydrogen-bond acceptors (Lipinski definition) is 3. The van der Waals surface area contributed by atoms with Gasteiger partial charge in [-0.05, 0) is 80.9 Å². The molecule has 4 fully saturated rings. The molecule has 0 radical (unpaired) electrons. The number of ether oxygens (including phenoxy) is 1. The summed E-state index contributed by atoms with van der Waals surface area (Å²) in [7, 11) is 0. The first kappa shape index (κ1) is 22.9. The second-order valence-corrected chi connectivity index (χ2v) is 11.7. The van der Waals surface area contributed by atoms with Gasteiger partial charge in [-0.3, -0.25) is 9.59 Å². The first-order valence-corrected chi connectivity index (χ1v) is 11.6. The number of esters is 1. The fourth-order valence-electron chi connectivity index (χ4n) is 6.17. The van der Waals surface area contributed by atoms with Gasteiger partial charge in [0.05, 0.1) is 22.7 Å². The van der Waals surface area contributed by atoms with E-state index >= 15 is 0 Å². The van der Waals surface area contributed by atoms with Crippen molar-refractivity contribution in [3.05, 3.63) is 28.8 Å². The maximum atomic E-state index is 12.9. The molecule has 0 saturated heterocycles. The average Bonchev–Trinajstić information content (AvgIpc) is 2.59. The van der Waals surface area contributed by atoms with Crippen molar-refractivity contribution in [2.45, 2.75) is 68.5 Å². The van der Waals surface area contributed by atoms with E-state index in [1.54, 1.807) is 0 Å². The highest BCUT2D eigenvalue weighted by Gasteiger charge is 2.57. The Bertz CT molecular complexity index is 892. The summed E-state index contributed by atoms with van der Waals surface area (Å²) in [6.07, 6.45) is 1.02. The van der Waals surface area contributed by atoms with Crippen LogP contribution in [0.1, 0.15) is 57.4 Å². The molecule has 4 saturated carbocycles. The molecular formula is C22H24BrClF3NO3. The van der Waals surface area contributed by atoms with Crippen LogP contribution in [-0.4, -0.2) is 22.3 Å². The summed E-state index contributed by atoms with van der Waals surface area (Å²) in [6, 6.07) is 2.67. The molecule has 4 aliphatic carbocycles. The lowest BCUT2D eigenvalue weighted by atomic mass is 9.49. The predicted molar refractivity (Wildman–Crippen MR) is 114 cm³/mol. The van der Waals surface area contributed by atoms with E-state index in [9.17, 15) is 22.8 Å². The van der Waals surface area contributed by atoms with Gasteiger partial charge < -0.3 is 10.1 Å². The van der Waals surface area contributed by atoms with Crippen molar-refractivity contribution < 1.29 is 27.5 Å². The van der Waals surface area contributed by atoms with Crippen LogP contribution in [0.25, 0.3) is 0 Å². The lowest BCUT2D eigenvalue weighted by Gasteiger charge is -2.60. The van der Waals surface area contributed by atoms with E-state index in [4.69, 9.17) is 16.3 Å².